The predicted octanol–water partition coefficient (Wildman–Crippen LogP) is 2.80. The molecule has 0 aromatic carbocycles. The molecule has 0 heterocycles. The molecule has 0 aromatic heterocycles. The van der Waals surface area contributed by atoms with Crippen LogP contribution in [0.25, 0.3) is 0 Å². The first kappa shape index (κ1) is 9.34. The molecule has 0 amide bonds. The van der Waals surface area contributed by atoms with E-state index >= 15 is 0 Å². The van der Waals surface area contributed by atoms with Crippen LogP contribution in [-0.2, 0) is 4.79 Å². The molecule has 1 nitrogen and oxygen atoms in total. The highest BCUT2D eigenvalue weighted by atomic mass is 35.5. The molecule has 64 valence electrons. The molecule has 0 N–H and O–H groups in total. The van der Waals surface area contributed by atoms with Crippen molar-refractivity contribution in [3.63, 3.8) is 0 Å². The van der Waals surface area contributed by atoms with E-state index in [4.69, 9.17) is 23.2 Å². The molecule has 3 atom stereocenters. The Kier molecular flexibility index (Phi) is 3.20. The van der Waals surface area contributed by atoms with Crippen LogP contribution in [0.2, 0.25) is 0 Å². The molecule has 1 fully saturated rings. The summed E-state index contributed by atoms with van der Waals surface area (Å²) in [6.07, 6.45) is 2.80. The van der Waals surface area contributed by atoms with Gasteiger partial charge in [-0.15, -0.1) is 11.6 Å². The quantitative estimate of drug-likeness (QED) is 0.464. The SMILES string of the molecule is C[C@@H]1CC[C@H](Cl)C[C@H]1C(=O)Cl. The average Bonchev–Trinajstić information content (AvgIpc) is 1.94. The number of halogens is 2. The fraction of sp³-hybridized carbons (Fsp3) is 0.875. The van der Waals surface area contributed by atoms with Gasteiger partial charge in [-0.2, -0.15) is 0 Å². The minimum Gasteiger partial charge on any atom is -0.281 e. The number of carbonyl (C=O) groups is 1. The number of alkyl halides is 1. The number of rotatable bonds is 1. The second-order valence-corrected chi connectivity index (χ2v) is 4.29. The third kappa shape index (κ3) is 2.34. The second-order valence-electron chi connectivity index (χ2n) is 3.30. The van der Waals surface area contributed by atoms with Crippen molar-refractivity contribution in [2.24, 2.45) is 11.8 Å². The maximum absolute atomic E-state index is 10.9. The van der Waals surface area contributed by atoms with Gasteiger partial charge in [0.1, 0.15) is 0 Å². The van der Waals surface area contributed by atoms with Crippen LogP contribution in [0.1, 0.15) is 26.2 Å². The lowest BCUT2D eigenvalue weighted by atomic mass is 9.81. The monoisotopic (exact) mass is 194 g/mol. The Morgan fingerprint density at radius 3 is 2.55 bits per heavy atom. The summed E-state index contributed by atoms with van der Waals surface area (Å²) >= 11 is 11.3. The highest BCUT2D eigenvalue weighted by Gasteiger charge is 2.30. The van der Waals surface area contributed by atoms with Crippen LogP contribution < -0.4 is 0 Å². The van der Waals surface area contributed by atoms with Gasteiger partial charge in [0.15, 0.2) is 0 Å². The largest absolute Gasteiger partial charge is 0.281 e. The summed E-state index contributed by atoms with van der Waals surface area (Å²) in [7, 11) is 0. The van der Waals surface area contributed by atoms with Gasteiger partial charge in [-0.05, 0) is 36.8 Å². The summed E-state index contributed by atoms with van der Waals surface area (Å²) in [6.45, 7) is 2.06. The van der Waals surface area contributed by atoms with Crippen molar-refractivity contribution in [3.8, 4) is 0 Å². The molecular weight excluding hydrogens is 183 g/mol. The molecule has 1 aliphatic rings. The van der Waals surface area contributed by atoms with Gasteiger partial charge in [-0.1, -0.05) is 6.92 Å². The summed E-state index contributed by atoms with van der Waals surface area (Å²) in [5.41, 5.74) is 0. The van der Waals surface area contributed by atoms with Crippen LogP contribution in [0, 0.1) is 11.8 Å². The maximum Gasteiger partial charge on any atom is 0.225 e. The van der Waals surface area contributed by atoms with Crippen LogP contribution in [0.15, 0.2) is 0 Å². The Morgan fingerprint density at radius 1 is 1.45 bits per heavy atom. The number of hydrogen-bond acceptors (Lipinski definition) is 1. The Labute approximate surface area is 77.1 Å². The van der Waals surface area contributed by atoms with Crippen molar-refractivity contribution >= 4 is 28.4 Å². The van der Waals surface area contributed by atoms with Crippen LogP contribution in [0.4, 0.5) is 0 Å². The molecule has 1 aliphatic carbocycles. The van der Waals surface area contributed by atoms with Crippen molar-refractivity contribution in [3.05, 3.63) is 0 Å². The Morgan fingerprint density at radius 2 is 2.09 bits per heavy atom. The minimum atomic E-state index is -0.220. The van der Waals surface area contributed by atoms with E-state index in [9.17, 15) is 4.79 Å². The molecule has 0 aromatic rings. The fourth-order valence-corrected chi connectivity index (χ4v) is 2.21. The van der Waals surface area contributed by atoms with Gasteiger partial charge in [0.2, 0.25) is 5.24 Å². The van der Waals surface area contributed by atoms with Crippen molar-refractivity contribution < 1.29 is 4.79 Å². The summed E-state index contributed by atoms with van der Waals surface area (Å²) in [5.74, 6) is 0.405. The second kappa shape index (κ2) is 3.77. The topological polar surface area (TPSA) is 17.1 Å². The average molecular weight is 195 g/mol. The summed E-state index contributed by atoms with van der Waals surface area (Å²) < 4.78 is 0. The van der Waals surface area contributed by atoms with Gasteiger partial charge in [0, 0.05) is 11.3 Å². The van der Waals surface area contributed by atoms with E-state index in [-0.39, 0.29) is 16.5 Å². The van der Waals surface area contributed by atoms with Crippen molar-refractivity contribution in [1.82, 2.24) is 0 Å². The standard InChI is InChI=1S/C8H12Cl2O/c1-5-2-3-6(9)4-7(5)8(10)11/h5-7H,2-4H2,1H3/t5-,6+,7-/m1/s1. The number of carbonyl (C=O) groups excluding carboxylic acids is 1. The zero-order chi connectivity index (χ0) is 8.43. The molecule has 0 bridgehead atoms. The lowest BCUT2D eigenvalue weighted by Crippen LogP contribution is -2.27. The van der Waals surface area contributed by atoms with Gasteiger partial charge < -0.3 is 0 Å². The molecule has 0 radical (unpaired) electrons. The molecule has 0 saturated heterocycles. The maximum atomic E-state index is 10.9. The molecular formula is C8H12Cl2O. The van der Waals surface area contributed by atoms with Crippen LogP contribution in [0.5, 0.6) is 0 Å². The van der Waals surface area contributed by atoms with Gasteiger partial charge in [-0.25, -0.2) is 0 Å². The lowest BCUT2D eigenvalue weighted by molar-refractivity contribution is -0.117. The Balaban J connectivity index is 2.54. The summed E-state index contributed by atoms with van der Waals surface area (Å²) in [5, 5.41) is -0.0678. The van der Waals surface area contributed by atoms with Crippen molar-refractivity contribution in [2.45, 2.75) is 31.6 Å². The zero-order valence-corrected chi connectivity index (χ0v) is 8.03. The molecule has 3 heteroatoms. The Bertz CT molecular complexity index is 158. The Hall–Kier alpha value is 0.250. The van der Waals surface area contributed by atoms with E-state index in [2.05, 4.69) is 6.92 Å². The van der Waals surface area contributed by atoms with Gasteiger partial charge in [-0.3, -0.25) is 4.79 Å². The van der Waals surface area contributed by atoms with Gasteiger partial charge >= 0.3 is 0 Å². The van der Waals surface area contributed by atoms with E-state index in [1.807, 2.05) is 0 Å². The molecule has 1 rings (SSSR count). The van der Waals surface area contributed by atoms with Crippen LogP contribution in [0.3, 0.4) is 0 Å². The highest BCUT2D eigenvalue weighted by Crippen LogP contribution is 2.33. The highest BCUT2D eigenvalue weighted by molar-refractivity contribution is 6.64. The molecule has 1 saturated carbocycles. The van der Waals surface area contributed by atoms with E-state index in [1.54, 1.807) is 0 Å². The van der Waals surface area contributed by atoms with E-state index in [1.165, 1.54) is 0 Å². The van der Waals surface area contributed by atoms with Gasteiger partial charge in [0.05, 0.1) is 0 Å². The summed E-state index contributed by atoms with van der Waals surface area (Å²) in [6, 6.07) is 0. The van der Waals surface area contributed by atoms with E-state index in [0.717, 1.165) is 19.3 Å². The summed E-state index contributed by atoms with van der Waals surface area (Å²) in [4.78, 5) is 10.9. The van der Waals surface area contributed by atoms with Crippen molar-refractivity contribution in [1.29, 1.82) is 0 Å². The first-order chi connectivity index (χ1) is 5.11. The predicted molar refractivity (Wildman–Crippen MR) is 47.0 cm³/mol. The third-order valence-electron chi connectivity index (χ3n) is 2.42. The zero-order valence-electron chi connectivity index (χ0n) is 6.52. The van der Waals surface area contributed by atoms with Crippen molar-refractivity contribution in [2.75, 3.05) is 0 Å². The van der Waals surface area contributed by atoms with E-state index in [0.29, 0.717) is 5.92 Å². The lowest BCUT2D eigenvalue weighted by Gasteiger charge is -2.28. The third-order valence-corrected chi connectivity index (χ3v) is 3.10. The normalized spacial score (nSPS) is 38.6. The first-order valence-electron chi connectivity index (χ1n) is 3.94. The van der Waals surface area contributed by atoms with Gasteiger partial charge in [0.25, 0.3) is 0 Å². The fourth-order valence-electron chi connectivity index (χ4n) is 1.59. The molecule has 11 heavy (non-hydrogen) atoms. The number of hydrogen-bond donors (Lipinski definition) is 0. The van der Waals surface area contributed by atoms with Crippen LogP contribution >= 0.6 is 23.2 Å². The first-order valence-corrected chi connectivity index (χ1v) is 4.76. The van der Waals surface area contributed by atoms with E-state index < -0.39 is 0 Å². The smallest absolute Gasteiger partial charge is 0.225 e. The molecule has 0 aliphatic heterocycles. The molecule has 0 unspecified atom stereocenters. The van der Waals surface area contributed by atoms with Crippen LogP contribution in [-0.4, -0.2) is 10.6 Å². The molecule has 0 spiro atoms. The minimum absolute atomic E-state index is 0.00656.